The van der Waals surface area contributed by atoms with E-state index in [1.807, 2.05) is 54.8 Å². The van der Waals surface area contributed by atoms with Crippen molar-refractivity contribution in [2.45, 2.75) is 25.5 Å². The Morgan fingerprint density at radius 2 is 1.79 bits per heavy atom. The van der Waals surface area contributed by atoms with Gasteiger partial charge in [-0.3, -0.25) is 14.3 Å². The number of carbonyl (C=O) groups is 1. The molecule has 0 unspecified atom stereocenters. The molecule has 146 valence electrons. The number of benzene rings is 1. The standard InChI is InChI=1S/C21H20N6OS/c1-15-12-16(2)27(25-15)19(28)14-29-21-24-23-20(18-8-10-22-11-9-18)26(21)13-17-6-4-3-5-7-17/h3-12H,13-14H2,1-2H3. The van der Waals surface area contributed by atoms with Crippen molar-refractivity contribution in [3.05, 3.63) is 77.9 Å². The monoisotopic (exact) mass is 404 g/mol. The average Bonchev–Trinajstić information content (AvgIpc) is 3.30. The largest absolute Gasteiger partial charge is 0.298 e. The molecule has 4 rings (SSSR count). The van der Waals surface area contributed by atoms with Crippen LogP contribution in [0, 0.1) is 13.8 Å². The number of rotatable bonds is 6. The molecule has 0 aliphatic heterocycles. The second-order valence-electron chi connectivity index (χ2n) is 6.64. The molecule has 0 atom stereocenters. The highest BCUT2D eigenvalue weighted by Crippen LogP contribution is 2.25. The van der Waals surface area contributed by atoms with Crippen molar-refractivity contribution >= 4 is 17.7 Å². The van der Waals surface area contributed by atoms with Crippen LogP contribution in [0.5, 0.6) is 0 Å². The van der Waals surface area contributed by atoms with Crippen molar-refractivity contribution in [2.75, 3.05) is 5.75 Å². The quantitative estimate of drug-likeness (QED) is 0.457. The Kier molecular flexibility index (Phi) is 5.53. The van der Waals surface area contributed by atoms with E-state index in [4.69, 9.17) is 0 Å². The summed E-state index contributed by atoms with van der Waals surface area (Å²) in [6.07, 6.45) is 3.46. The van der Waals surface area contributed by atoms with Gasteiger partial charge in [0.25, 0.3) is 5.91 Å². The van der Waals surface area contributed by atoms with Crippen molar-refractivity contribution in [2.24, 2.45) is 0 Å². The third kappa shape index (κ3) is 4.27. The van der Waals surface area contributed by atoms with E-state index >= 15 is 0 Å². The maximum Gasteiger partial charge on any atom is 0.257 e. The van der Waals surface area contributed by atoms with Crippen LogP contribution in [0.2, 0.25) is 0 Å². The van der Waals surface area contributed by atoms with E-state index in [-0.39, 0.29) is 11.7 Å². The van der Waals surface area contributed by atoms with Crippen molar-refractivity contribution in [3.63, 3.8) is 0 Å². The summed E-state index contributed by atoms with van der Waals surface area (Å²) in [6, 6.07) is 15.8. The van der Waals surface area contributed by atoms with E-state index in [9.17, 15) is 4.79 Å². The zero-order chi connectivity index (χ0) is 20.2. The second kappa shape index (κ2) is 8.40. The smallest absolute Gasteiger partial charge is 0.257 e. The van der Waals surface area contributed by atoms with Crippen LogP contribution in [0.4, 0.5) is 0 Å². The molecule has 0 N–H and O–H groups in total. The molecule has 1 aromatic carbocycles. The van der Waals surface area contributed by atoms with Crippen molar-refractivity contribution in [1.29, 1.82) is 0 Å². The maximum absolute atomic E-state index is 12.6. The minimum Gasteiger partial charge on any atom is -0.298 e. The highest BCUT2D eigenvalue weighted by atomic mass is 32.2. The highest BCUT2D eigenvalue weighted by Gasteiger charge is 2.17. The van der Waals surface area contributed by atoms with E-state index < -0.39 is 0 Å². The molecule has 0 spiro atoms. The molecular weight excluding hydrogens is 384 g/mol. The topological polar surface area (TPSA) is 78.5 Å². The van der Waals surface area contributed by atoms with Crippen LogP contribution in [-0.4, -0.2) is 41.2 Å². The third-order valence-electron chi connectivity index (χ3n) is 4.41. The zero-order valence-corrected chi connectivity index (χ0v) is 17.0. The van der Waals surface area contributed by atoms with Crippen LogP contribution in [0.1, 0.15) is 21.7 Å². The molecule has 0 saturated heterocycles. The van der Waals surface area contributed by atoms with Crippen molar-refractivity contribution in [1.82, 2.24) is 29.5 Å². The molecule has 3 aromatic heterocycles. The van der Waals surface area contributed by atoms with E-state index in [2.05, 4.69) is 32.4 Å². The molecule has 7 nitrogen and oxygen atoms in total. The fourth-order valence-corrected chi connectivity index (χ4v) is 3.87. The van der Waals surface area contributed by atoms with E-state index in [1.54, 1.807) is 12.4 Å². The van der Waals surface area contributed by atoms with Crippen LogP contribution in [-0.2, 0) is 6.54 Å². The highest BCUT2D eigenvalue weighted by molar-refractivity contribution is 7.99. The van der Waals surface area contributed by atoms with Crippen LogP contribution in [0.15, 0.2) is 66.1 Å². The lowest BCUT2D eigenvalue weighted by Crippen LogP contribution is -2.17. The lowest BCUT2D eigenvalue weighted by atomic mass is 10.2. The van der Waals surface area contributed by atoms with Gasteiger partial charge in [-0.25, -0.2) is 4.68 Å². The number of pyridine rings is 1. The lowest BCUT2D eigenvalue weighted by molar-refractivity contribution is 0.0923. The number of carbonyl (C=O) groups excluding carboxylic acids is 1. The van der Waals surface area contributed by atoms with E-state index in [0.29, 0.717) is 11.7 Å². The van der Waals surface area contributed by atoms with Gasteiger partial charge in [-0.05, 0) is 37.6 Å². The predicted molar refractivity (Wildman–Crippen MR) is 112 cm³/mol. The third-order valence-corrected chi connectivity index (χ3v) is 5.36. The van der Waals surface area contributed by atoms with Crippen LogP contribution in [0.3, 0.4) is 0 Å². The number of hydrogen-bond donors (Lipinski definition) is 0. The second-order valence-corrected chi connectivity index (χ2v) is 7.58. The molecule has 0 aliphatic carbocycles. The van der Waals surface area contributed by atoms with Crippen molar-refractivity contribution in [3.8, 4) is 11.4 Å². The fraction of sp³-hybridized carbons (Fsp3) is 0.190. The summed E-state index contributed by atoms with van der Waals surface area (Å²) in [5.41, 5.74) is 3.72. The Labute approximate surface area is 172 Å². The number of aromatic nitrogens is 6. The van der Waals surface area contributed by atoms with Gasteiger partial charge in [0.1, 0.15) is 0 Å². The molecule has 0 bridgehead atoms. The Hall–Kier alpha value is -3.26. The number of nitrogens with zero attached hydrogens (tertiary/aromatic N) is 6. The fourth-order valence-electron chi connectivity index (χ4n) is 3.09. The Balaban J connectivity index is 1.61. The molecular formula is C21H20N6OS. The Morgan fingerprint density at radius 3 is 2.48 bits per heavy atom. The molecule has 0 aliphatic rings. The summed E-state index contributed by atoms with van der Waals surface area (Å²) in [4.78, 5) is 16.7. The maximum atomic E-state index is 12.6. The first-order valence-corrected chi connectivity index (χ1v) is 10.2. The molecule has 0 amide bonds. The summed E-state index contributed by atoms with van der Waals surface area (Å²) in [6.45, 7) is 4.37. The summed E-state index contributed by atoms with van der Waals surface area (Å²) in [5.74, 6) is 0.892. The number of hydrogen-bond acceptors (Lipinski definition) is 6. The van der Waals surface area contributed by atoms with E-state index in [1.165, 1.54) is 16.4 Å². The van der Waals surface area contributed by atoms with Gasteiger partial charge in [-0.15, -0.1) is 10.2 Å². The summed E-state index contributed by atoms with van der Waals surface area (Å²) in [7, 11) is 0. The first kappa shape index (κ1) is 19.1. The molecule has 0 radical (unpaired) electrons. The van der Waals surface area contributed by atoms with Gasteiger partial charge in [-0.2, -0.15) is 5.10 Å². The normalized spacial score (nSPS) is 11.0. The number of aryl methyl sites for hydroxylation is 2. The Bertz CT molecular complexity index is 1120. The summed E-state index contributed by atoms with van der Waals surface area (Å²) >= 11 is 1.37. The molecule has 8 heteroatoms. The zero-order valence-electron chi connectivity index (χ0n) is 16.2. The van der Waals surface area contributed by atoms with Gasteiger partial charge in [-0.1, -0.05) is 42.1 Å². The van der Waals surface area contributed by atoms with Crippen LogP contribution < -0.4 is 0 Å². The van der Waals surface area contributed by atoms with Crippen molar-refractivity contribution < 1.29 is 4.79 Å². The lowest BCUT2D eigenvalue weighted by Gasteiger charge is -2.10. The molecule has 0 fully saturated rings. The van der Waals surface area contributed by atoms with E-state index in [0.717, 1.165) is 28.3 Å². The SMILES string of the molecule is Cc1cc(C)n(C(=O)CSc2nnc(-c3ccncc3)n2Cc2ccccc2)n1. The molecule has 0 saturated carbocycles. The molecule has 3 heterocycles. The van der Waals surface area contributed by atoms with Crippen LogP contribution in [0.25, 0.3) is 11.4 Å². The summed E-state index contributed by atoms with van der Waals surface area (Å²) < 4.78 is 3.48. The Morgan fingerprint density at radius 1 is 1.03 bits per heavy atom. The minimum absolute atomic E-state index is 0.0830. The predicted octanol–water partition coefficient (Wildman–Crippen LogP) is 3.63. The molecule has 4 aromatic rings. The summed E-state index contributed by atoms with van der Waals surface area (Å²) in [5, 5.41) is 13.7. The minimum atomic E-state index is -0.0830. The van der Waals surface area contributed by atoms with Gasteiger partial charge in [0.05, 0.1) is 18.0 Å². The number of thioether (sulfide) groups is 1. The van der Waals surface area contributed by atoms with Crippen LogP contribution >= 0.6 is 11.8 Å². The van der Waals surface area contributed by atoms with Gasteiger partial charge in [0.15, 0.2) is 11.0 Å². The van der Waals surface area contributed by atoms with Gasteiger partial charge in [0.2, 0.25) is 0 Å². The average molecular weight is 404 g/mol. The first-order chi connectivity index (χ1) is 14.1. The first-order valence-electron chi connectivity index (χ1n) is 9.18. The van der Waals surface area contributed by atoms with Gasteiger partial charge < -0.3 is 0 Å². The van der Waals surface area contributed by atoms with Gasteiger partial charge in [0, 0.05) is 23.7 Å². The molecule has 29 heavy (non-hydrogen) atoms. The van der Waals surface area contributed by atoms with Gasteiger partial charge >= 0.3 is 0 Å².